The van der Waals surface area contributed by atoms with E-state index in [0.717, 1.165) is 5.92 Å². The first-order valence-electron chi connectivity index (χ1n) is 8.32. The van der Waals surface area contributed by atoms with Gasteiger partial charge in [-0.15, -0.1) is 0 Å². The average molecular weight is 250 g/mol. The predicted octanol–water partition coefficient (Wildman–Crippen LogP) is 6.51. The van der Waals surface area contributed by atoms with Crippen molar-refractivity contribution < 1.29 is 0 Å². The highest BCUT2D eigenvalue weighted by molar-refractivity contribution is 4.94. The molecule has 18 heavy (non-hydrogen) atoms. The fourth-order valence-corrected chi connectivity index (χ4v) is 3.25. The van der Waals surface area contributed by atoms with Crippen LogP contribution in [0.2, 0.25) is 0 Å². The van der Waals surface area contributed by atoms with E-state index in [0.29, 0.717) is 5.41 Å². The van der Waals surface area contributed by atoms with Gasteiger partial charge in [0, 0.05) is 0 Å². The zero-order chi connectivity index (χ0) is 13.3. The smallest absolute Gasteiger partial charge is 0.0317 e. The van der Waals surface area contributed by atoms with Gasteiger partial charge in [0.1, 0.15) is 0 Å². The van der Waals surface area contributed by atoms with Crippen molar-refractivity contribution in [2.75, 3.05) is 0 Å². The maximum atomic E-state index is 2.49. The standard InChI is InChI=1S/C18H34/c1-4-5-6-7-8-9-13-16-18(2,3)17-14-11-10-12-15-17/h10-11,17H,4-9,12-16H2,1-3H3. The van der Waals surface area contributed by atoms with Gasteiger partial charge in [-0.05, 0) is 37.0 Å². The van der Waals surface area contributed by atoms with Crippen molar-refractivity contribution in [2.45, 2.75) is 91.4 Å². The van der Waals surface area contributed by atoms with Crippen LogP contribution in [0.3, 0.4) is 0 Å². The topological polar surface area (TPSA) is 0 Å². The van der Waals surface area contributed by atoms with E-state index in [-0.39, 0.29) is 0 Å². The van der Waals surface area contributed by atoms with Crippen molar-refractivity contribution in [3.63, 3.8) is 0 Å². The minimum Gasteiger partial charge on any atom is -0.0885 e. The Bertz CT molecular complexity index is 224. The second-order valence-electron chi connectivity index (χ2n) is 6.84. The summed E-state index contributed by atoms with van der Waals surface area (Å²) in [5.74, 6) is 0.933. The van der Waals surface area contributed by atoms with Crippen LogP contribution in [0.5, 0.6) is 0 Å². The summed E-state index contributed by atoms with van der Waals surface area (Å²) in [4.78, 5) is 0. The quantitative estimate of drug-likeness (QED) is 0.323. The van der Waals surface area contributed by atoms with Crippen LogP contribution in [-0.2, 0) is 0 Å². The van der Waals surface area contributed by atoms with Gasteiger partial charge in [-0.3, -0.25) is 0 Å². The molecule has 0 heteroatoms. The van der Waals surface area contributed by atoms with Crippen LogP contribution in [0.15, 0.2) is 12.2 Å². The Morgan fingerprint density at radius 2 is 1.61 bits per heavy atom. The second kappa shape index (κ2) is 8.77. The molecule has 0 aromatic carbocycles. The molecule has 0 heterocycles. The highest BCUT2D eigenvalue weighted by Gasteiger charge is 2.28. The molecule has 0 N–H and O–H groups in total. The maximum absolute atomic E-state index is 2.49. The van der Waals surface area contributed by atoms with Gasteiger partial charge >= 0.3 is 0 Å². The van der Waals surface area contributed by atoms with Gasteiger partial charge in [-0.25, -0.2) is 0 Å². The Balaban J connectivity index is 2.07. The van der Waals surface area contributed by atoms with E-state index in [1.807, 2.05) is 0 Å². The van der Waals surface area contributed by atoms with Gasteiger partial charge in [0.25, 0.3) is 0 Å². The molecule has 0 saturated carbocycles. The Hall–Kier alpha value is -0.260. The third-order valence-corrected chi connectivity index (χ3v) is 4.80. The van der Waals surface area contributed by atoms with E-state index in [2.05, 4.69) is 32.9 Å². The summed E-state index contributed by atoms with van der Waals surface area (Å²) < 4.78 is 0. The molecule has 0 fully saturated rings. The molecule has 0 aromatic rings. The third kappa shape index (κ3) is 6.07. The highest BCUT2D eigenvalue weighted by Crippen LogP contribution is 2.39. The Morgan fingerprint density at radius 1 is 0.944 bits per heavy atom. The minimum absolute atomic E-state index is 0.564. The van der Waals surface area contributed by atoms with Crippen molar-refractivity contribution in [3.05, 3.63) is 12.2 Å². The van der Waals surface area contributed by atoms with Gasteiger partial charge in [0.05, 0.1) is 0 Å². The molecule has 106 valence electrons. The number of allylic oxidation sites excluding steroid dienone is 2. The van der Waals surface area contributed by atoms with E-state index in [1.54, 1.807) is 0 Å². The van der Waals surface area contributed by atoms with Gasteiger partial charge in [0.2, 0.25) is 0 Å². The van der Waals surface area contributed by atoms with Crippen LogP contribution >= 0.6 is 0 Å². The molecular formula is C18H34. The van der Waals surface area contributed by atoms with Gasteiger partial charge in [0.15, 0.2) is 0 Å². The van der Waals surface area contributed by atoms with Crippen molar-refractivity contribution in [2.24, 2.45) is 11.3 Å². The van der Waals surface area contributed by atoms with E-state index in [4.69, 9.17) is 0 Å². The Morgan fingerprint density at radius 3 is 2.22 bits per heavy atom. The van der Waals surface area contributed by atoms with E-state index in [9.17, 15) is 0 Å². The van der Waals surface area contributed by atoms with Gasteiger partial charge in [-0.1, -0.05) is 77.9 Å². The molecule has 1 atom stereocenters. The van der Waals surface area contributed by atoms with Crippen LogP contribution in [0.4, 0.5) is 0 Å². The zero-order valence-electron chi connectivity index (χ0n) is 13.0. The first-order chi connectivity index (χ1) is 8.67. The maximum Gasteiger partial charge on any atom is -0.0317 e. The summed E-state index contributed by atoms with van der Waals surface area (Å²) in [7, 11) is 0. The molecule has 0 aliphatic heterocycles. The van der Waals surface area contributed by atoms with Crippen molar-refractivity contribution in [1.29, 1.82) is 0 Å². The molecule has 0 amide bonds. The van der Waals surface area contributed by atoms with E-state index >= 15 is 0 Å². The summed E-state index contributed by atoms with van der Waals surface area (Å²) in [6, 6.07) is 0. The van der Waals surface area contributed by atoms with Gasteiger partial charge < -0.3 is 0 Å². The Labute approximate surface area is 115 Å². The highest BCUT2D eigenvalue weighted by atomic mass is 14.3. The second-order valence-corrected chi connectivity index (χ2v) is 6.84. The SMILES string of the molecule is CCCCCCCCCC(C)(C)C1CC=CCC1. The van der Waals surface area contributed by atoms with E-state index in [1.165, 1.54) is 70.6 Å². The first-order valence-corrected chi connectivity index (χ1v) is 8.32. The average Bonchev–Trinajstić information content (AvgIpc) is 2.39. The van der Waals surface area contributed by atoms with Crippen molar-refractivity contribution in [3.8, 4) is 0 Å². The monoisotopic (exact) mass is 250 g/mol. The molecule has 0 aromatic heterocycles. The fourth-order valence-electron chi connectivity index (χ4n) is 3.25. The molecule has 0 nitrogen and oxygen atoms in total. The van der Waals surface area contributed by atoms with Crippen molar-refractivity contribution in [1.82, 2.24) is 0 Å². The van der Waals surface area contributed by atoms with Crippen LogP contribution < -0.4 is 0 Å². The first kappa shape index (κ1) is 15.8. The predicted molar refractivity (Wildman–Crippen MR) is 82.9 cm³/mol. The summed E-state index contributed by atoms with van der Waals surface area (Å²) in [5, 5.41) is 0. The van der Waals surface area contributed by atoms with Gasteiger partial charge in [-0.2, -0.15) is 0 Å². The lowest BCUT2D eigenvalue weighted by Crippen LogP contribution is -2.24. The number of hydrogen-bond donors (Lipinski definition) is 0. The summed E-state index contributed by atoms with van der Waals surface area (Å²) in [5.41, 5.74) is 0.564. The number of hydrogen-bond acceptors (Lipinski definition) is 0. The van der Waals surface area contributed by atoms with Crippen LogP contribution in [-0.4, -0.2) is 0 Å². The molecule has 0 saturated heterocycles. The van der Waals surface area contributed by atoms with Crippen LogP contribution in [0, 0.1) is 11.3 Å². The lowest BCUT2D eigenvalue weighted by molar-refractivity contribution is 0.175. The molecule has 0 radical (unpaired) electrons. The van der Waals surface area contributed by atoms with Crippen LogP contribution in [0.1, 0.15) is 91.4 Å². The van der Waals surface area contributed by atoms with Crippen LogP contribution in [0.25, 0.3) is 0 Å². The molecular weight excluding hydrogens is 216 g/mol. The molecule has 1 unspecified atom stereocenters. The number of unbranched alkanes of at least 4 members (excludes halogenated alkanes) is 6. The summed E-state index contributed by atoms with van der Waals surface area (Å²) in [6.07, 6.45) is 20.3. The molecule has 1 aliphatic carbocycles. The number of rotatable bonds is 9. The van der Waals surface area contributed by atoms with E-state index < -0.39 is 0 Å². The molecule has 1 aliphatic rings. The minimum atomic E-state index is 0.564. The lowest BCUT2D eigenvalue weighted by Gasteiger charge is -2.35. The molecule has 0 spiro atoms. The third-order valence-electron chi connectivity index (χ3n) is 4.80. The Kier molecular flexibility index (Phi) is 7.70. The molecule has 1 rings (SSSR count). The normalized spacial score (nSPS) is 20.3. The molecule has 0 bridgehead atoms. The largest absolute Gasteiger partial charge is 0.0885 e. The van der Waals surface area contributed by atoms with Crippen molar-refractivity contribution >= 4 is 0 Å². The fraction of sp³-hybridized carbons (Fsp3) is 0.889. The zero-order valence-corrected chi connectivity index (χ0v) is 13.0. The summed E-state index contributed by atoms with van der Waals surface area (Å²) in [6.45, 7) is 7.28. The lowest BCUT2D eigenvalue weighted by atomic mass is 9.70. The summed E-state index contributed by atoms with van der Waals surface area (Å²) >= 11 is 0.